The number of ether oxygens (including phenoxy) is 1. The van der Waals surface area contributed by atoms with Gasteiger partial charge in [-0.1, -0.05) is 12.1 Å². The van der Waals surface area contributed by atoms with Crippen molar-refractivity contribution in [3.05, 3.63) is 59.0 Å². The molecule has 7 heteroatoms. The highest BCUT2D eigenvalue weighted by molar-refractivity contribution is 7.90. The van der Waals surface area contributed by atoms with Crippen LogP contribution in [0.1, 0.15) is 0 Å². The summed E-state index contributed by atoms with van der Waals surface area (Å²) in [7, 11) is -2.47. The minimum atomic E-state index is -3.96. The van der Waals surface area contributed by atoms with Gasteiger partial charge >= 0.3 is 5.69 Å². The number of para-hydroxylation sites is 2. The predicted molar refractivity (Wildman–Crippen MR) is 78.1 cm³/mol. The molecule has 0 saturated heterocycles. The van der Waals surface area contributed by atoms with E-state index in [1.54, 1.807) is 24.3 Å². The maximum atomic E-state index is 12.6. The van der Waals surface area contributed by atoms with E-state index in [1.807, 2.05) is 0 Å². The van der Waals surface area contributed by atoms with Crippen LogP contribution in [0.3, 0.4) is 0 Å². The molecule has 0 aliphatic rings. The molecule has 0 radical (unpaired) electrons. The molecule has 21 heavy (non-hydrogen) atoms. The molecule has 1 N–H and O–H groups in total. The number of fused-ring (bicyclic) bond motifs is 1. The second-order valence-electron chi connectivity index (χ2n) is 4.39. The molecule has 0 bridgehead atoms. The van der Waals surface area contributed by atoms with Crippen molar-refractivity contribution >= 4 is 21.1 Å². The van der Waals surface area contributed by atoms with Crippen LogP contribution in [-0.4, -0.2) is 24.5 Å². The van der Waals surface area contributed by atoms with Crippen LogP contribution in [-0.2, 0) is 10.0 Å². The highest BCUT2D eigenvalue weighted by Crippen LogP contribution is 2.20. The normalized spacial score (nSPS) is 11.7. The van der Waals surface area contributed by atoms with Gasteiger partial charge in [0, 0.05) is 0 Å². The molecular formula is C14H12N2O4S. The highest BCUT2D eigenvalue weighted by atomic mass is 32.2. The van der Waals surface area contributed by atoms with Gasteiger partial charge in [0.05, 0.1) is 23.0 Å². The zero-order chi connectivity index (χ0) is 15.0. The molecule has 0 aliphatic carbocycles. The van der Waals surface area contributed by atoms with E-state index in [2.05, 4.69) is 4.98 Å². The largest absolute Gasteiger partial charge is 0.497 e. The summed E-state index contributed by atoms with van der Waals surface area (Å²) >= 11 is 0. The van der Waals surface area contributed by atoms with Crippen molar-refractivity contribution in [3.8, 4) is 5.75 Å². The molecule has 0 fully saturated rings. The van der Waals surface area contributed by atoms with Crippen molar-refractivity contribution < 1.29 is 13.2 Å². The van der Waals surface area contributed by atoms with Crippen LogP contribution in [0, 0.1) is 0 Å². The van der Waals surface area contributed by atoms with Crippen LogP contribution < -0.4 is 10.4 Å². The van der Waals surface area contributed by atoms with E-state index in [4.69, 9.17) is 4.74 Å². The van der Waals surface area contributed by atoms with E-state index in [9.17, 15) is 13.2 Å². The van der Waals surface area contributed by atoms with E-state index in [1.165, 1.54) is 31.4 Å². The number of benzene rings is 2. The number of hydrogen-bond acceptors (Lipinski definition) is 4. The van der Waals surface area contributed by atoms with Crippen molar-refractivity contribution in [2.75, 3.05) is 7.11 Å². The van der Waals surface area contributed by atoms with Crippen LogP contribution in [0.5, 0.6) is 5.75 Å². The Morgan fingerprint density at radius 1 is 1.05 bits per heavy atom. The molecule has 0 spiro atoms. The first-order valence-corrected chi connectivity index (χ1v) is 7.57. The molecule has 0 amide bonds. The van der Waals surface area contributed by atoms with Crippen molar-refractivity contribution in [3.63, 3.8) is 0 Å². The Morgan fingerprint density at radius 2 is 1.71 bits per heavy atom. The monoisotopic (exact) mass is 304 g/mol. The lowest BCUT2D eigenvalue weighted by atomic mass is 10.3. The van der Waals surface area contributed by atoms with Gasteiger partial charge in [-0.05, 0) is 36.4 Å². The Hall–Kier alpha value is -2.54. The fraction of sp³-hybridized carbons (Fsp3) is 0.0714. The van der Waals surface area contributed by atoms with Gasteiger partial charge in [-0.15, -0.1) is 0 Å². The van der Waals surface area contributed by atoms with Crippen LogP contribution >= 0.6 is 0 Å². The molecule has 1 aromatic heterocycles. The van der Waals surface area contributed by atoms with Gasteiger partial charge in [0.15, 0.2) is 0 Å². The summed E-state index contributed by atoms with van der Waals surface area (Å²) in [5.74, 6) is 0.542. The van der Waals surface area contributed by atoms with Crippen LogP contribution in [0.4, 0.5) is 0 Å². The van der Waals surface area contributed by atoms with E-state index in [0.717, 1.165) is 3.97 Å². The van der Waals surface area contributed by atoms with Gasteiger partial charge < -0.3 is 9.72 Å². The van der Waals surface area contributed by atoms with Gasteiger partial charge in [0.25, 0.3) is 10.0 Å². The topological polar surface area (TPSA) is 81.2 Å². The number of H-pyrrole nitrogens is 1. The quantitative estimate of drug-likeness (QED) is 0.796. The number of nitrogens with zero attached hydrogens (tertiary/aromatic N) is 1. The fourth-order valence-corrected chi connectivity index (χ4v) is 3.50. The maximum Gasteiger partial charge on any atom is 0.340 e. The lowest BCUT2D eigenvalue weighted by Crippen LogP contribution is -2.25. The molecule has 3 rings (SSSR count). The summed E-state index contributed by atoms with van der Waals surface area (Å²) in [4.78, 5) is 14.5. The van der Waals surface area contributed by atoms with E-state index in [0.29, 0.717) is 16.8 Å². The summed E-state index contributed by atoms with van der Waals surface area (Å²) in [6.45, 7) is 0. The third-order valence-corrected chi connectivity index (χ3v) is 4.86. The first-order chi connectivity index (χ1) is 10.0. The van der Waals surface area contributed by atoms with Crippen molar-refractivity contribution in [1.29, 1.82) is 0 Å². The van der Waals surface area contributed by atoms with Crippen molar-refractivity contribution in [2.45, 2.75) is 4.90 Å². The second-order valence-corrected chi connectivity index (χ2v) is 6.18. The lowest BCUT2D eigenvalue weighted by molar-refractivity contribution is 0.414. The number of aromatic amines is 1. The lowest BCUT2D eigenvalue weighted by Gasteiger charge is -2.06. The fourth-order valence-electron chi connectivity index (χ4n) is 2.12. The molecule has 0 aliphatic heterocycles. The molecule has 0 unspecified atom stereocenters. The summed E-state index contributed by atoms with van der Waals surface area (Å²) in [5.41, 5.74) is 0.102. The molecule has 6 nitrogen and oxygen atoms in total. The van der Waals surface area contributed by atoms with Crippen LogP contribution in [0.15, 0.2) is 58.2 Å². The maximum absolute atomic E-state index is 12.6. The minimum Gasteiger partial charge on any atom is -0.497 e. The molecular weight excluding hydrogens is 292 g/mol. The van der Waals surface area contributed by atoms with Crippen molar-refractivity contribution in [1.82, 2.24) is 8.96 Å². The highest BCUT2D eigenvalue weighted by Gasteiger charge is 2.22. The first kappa shape index (κ1) is 13.4. The Morgan fingerprint density at radius 3 is 2.38 bits per heavy atom. The summed E-state index contributed by atoms with van der Waals surface area (Å²) in [6.07, 6.45) is 0. The van der Waals surface area contributed by atoms with Gasteiger partial charge in [-0.2, -0.15) is 3.97 Å². The Bertz CT molecular complexity index is 953. The number of methoxy groups -OCH3 is 1. The third-order valence-electron chi connectivity index (χ3n) is 3.15. The number of hydrogen-bond donors (Lipinski definition) is 1. The number of aromatic nitrogens is 2. The molecule has 3 aromatic rings. The number of rotatable bonds is 3. The zero-order valence-corrected chi connectivity index (χ0v) is 11.9. The van der Waals surface area contributed by atoms with Gasteiger partial charge in [0.1, 0.15) is 5.75 Å². The molecule has 2 aromatic carbocycles. The third kappa shape index (κ3) is 2.11. The summed E-state index contributed by atoms with van der Waals surface area (Å²) in [5, 5.41) is 0. The number of nitrogens with one attached hydrogen (secondary N) is 1. The average Bonchev–Trinajstić information content (AvgIpc) is 2.83. The van der Waals surface area contributed by atoms with E-state index < -0.39 is 15.7 Å². The standard InChI is InChI=1S/C14H12N2O4S/c1-20-10-6-8-11(9-7-10)21(18,19)16-13-5-3-2-4-12(13)15-14(16)17/h2-9H,1H3,(H,15,17). The summed E-state index contributed by atoms with van der Waals surface area (Å²) in [6, 6.07) is 12.5. The smallest absolute Gasteiger partial charge is 0.340 e. The first-order valence-electron chi connectivity index (χ1n) is 6.13. The number of imidazole rings is 1. The Kier molecular flexibility index (Phi) is 3.06. The Balaban J connectivity index is 2.24. The SMILES string of the molecule is COc1ccc(S(=O)(=O)n2c(=O)[nH]c3ccccc32)cc1. The van der Waals surface area contributed by atoms with Crippen molar-refractivity contribution in [2.24, 2.45) is 0 Å². The molecule has 0 saturated carbocycles. The Labute approximate surface area is 120 Å². The van der Waals surface area contributed by atoms with Crippen LogP contribution in [0.25, 0.3) is 11.0 Å². The van der Waals surface area contributed by atoms with Crippen LogP contribution in [0.2, 0.25) is 0 Å². The molecule has 1 heterocycles. The van der Waals surface area contributed by atoms with Gasteiger partial charge in [0.2, 0.25) is 0 Å². The summed E-state index contributed by atoms with van der Waals surface area (Å²) < 4.78 is 31.0. The van der Waals surface area contributed by atoms with Gasteiger partial charge in [-0.25, -0.2) is 13.2 Å². The second kappa shape index (κ2) is 4.78. The van der Waals surface area contributed by atoms with E-state index >= 15 is 0 Å². The molecule has 0 atom stereocenters. The van der Waals surface area contributed by atoms with E-state index in [-0.39, 0.29) is 4.90 Å². The molecule has 108 valence electrons. The average molecular weight is 304 g/mol. The van der Waals surface area contributed by atoms with Gasteiger partial charge in [-0.3, -0.25) is 0 Å². The minimum absolute atomic E-state index is 0.0233. The predicted octanol–water partition coefficient (Wildman–Crippen LogP) is 1.58. The zero-order valence-electron chi connectivity index (χ0n) is 11.1.